The number of carbonyl (C=O) groups is 2. The summed E-state index contributed by atoms with van der Waals surface area (Å²) in [6.45, 7) is 0. The molecule has 1 saturated carbocycles. The van der Waals surface area contributed by atoms with Crippen LogP contribution >= 0.6 is 11.3 Å². The summed E-state index contributed by atoms with van der Waals surface area (Å²) in [6.07, 6.45) is 2.38. The van der Waals surface area contributed by atoms with Crippen molar-refractivity contribution < 1.29 is 9.59 Å². The van der Waals surface area contributed by atoms with Crippen molar-refractivity contribution in [3.05, 3.63) is 46.5 Å². The minimum absolute atomic E-state index is 0.0174. The Morgan fingerprint density at radius 1 is 1.16 bits per heavy atom. The average Bonchev–Trinajstić information content (AvgIpc) is 3.28. The van der Waals surface area contributed by atoms with Crippen LogP contribution in [0, 0.1) is 0 Å². The van der Waals surface area contributed by atoms with Gasteiger partial charge in [0.1, 0.15) is 0 Å². The van der Waals surface area contributed by atoms with Crippen LogP contribution in [0.2, 0.25) is 0 Å². The molecule has 8 heteroatoms. The molecule has 1 aliphatic carbocycles. The fraction of sp³-hybridized carbons (Fsp3) is 0.294. The van der Waals surface area contributed by atoms with Crippen LogP contribution in [0.25, 0.3) is 0 Å². The van der Waals surface area contributed by atoms with E-state index < -0.39 is 0 Å². The van der Waals surface area contributed by atoms with Gasteiger partial charge in [-0.15, -0.1) is 11.3 Å². The van der Waals surface area contributed by atoms with Crippen LogP contribution in [0.15, 0.2) is 34.6 Å². The number of rotatable bonds is 3. The largest absolute Gasteiger partial charge is 0.370 e. The van der Waals surface area contributed by atoms with Gasteiger partial charge in [0.2, 0.25) is 5.13 Å². The van der Waals surface area contributed by atoms with Gasteiger partial charge in [-0.1, -0.05) is 12.1 Å². The molecule has 25 heavy (non-hydrogen) atoms. The Kier molecular flexibility index (Phi) is 3.76. The third-order valence-corrected chi connectivity index (χ3v) is 5.50. The Balaban J connectivity index is 1.52. The SMILES string of the molecule is NC(N)=Nc1nc(C2CCC(N3C(=O)c4ccccc4C3=O)C2)cs1. The van der Waals surface area contributed by atoms with Crippen LogP contribution in [0.1, 0.15) is 51.6 Å². The predicted molar refractivity (Wildman–Crippen MR) is 94.9 cm³/mol. The zero-order chi connectivity index (χ0) is 17.6. The van der Waals surface area contributed by atoms with E-state index in [1.165, 1.54) is 16.2 Å². The van der Waals surface area contributed by atoms with Crippen LogP contribution in [-0.4, -0.2) is 33.7 Å². The maximum Gasteiger partial charge on any atom is 0.261 e. The average molecular weight is 355 g/mol. The van der Waals surface area contributed by atoms with Gasteiger partial charge in [0, 0.05) is 17.3 Å². The lowest BCUT2D eigenvalue weighted by molar-refractivity contribution is 0.0586. The minimum atomic E-state index is -0.189. The molecule has 128 valence electrons. The molecule has 7 nitrogen and oxygen atoms in total. The second-order valence-electron chi connectivity index (χ2n) is 6.28. The number of nitrogens with two attached hydrogens (primary N) is 2. The molecule has 1 fully saturated rings. The van der Waals surface area contributed by atoms with Gasteiger partial charge in [-0.05, 0) is 31.4 Å². The molecular weight excluding hydrogens is 338 g/mol. The van der Waals surface area contributed by atoms with Gasteiger partial charge in [-0.2, -0.15) is 4.99 Å². The number of hydrogen-bond acceptors (Lipinski definition) is 5. The van der Waals surface area contributed by atoms with Gasteiger partial charge >= 0.3 is 0 Å². The number of imide groups is 1. The number of aromatic nitrogens is 1. The molecule has 0 saturated heterocycles. The lowest BCUT2D eigenvalue weighted by atomic mass is 10.0. The lowest BCUT2D eigenvalue weighted by Gasteiger charge is -2.21. The number of fused-ring (bicyclic) bond motifs is 1. The number of aliphatic imine (C=N–C) groups is 1. The number of guanidine groups is 1. The van der Waals surface area contributed by atoms with E-state index in [0.717, 1.165) is 25.0 Å². The summed E-state index contributed by atoms with van der Waals surface area (Å²) in [5.41, 5.74) is 12.7. The normalized spacial score (nSPS) is 22.3. The topological polar surface area (TPSA) is 115 Å². The van der Waals surface area contributed by atoms with E-state index >= 15 is 0 Å². The lowest BCUT2D eigenvalue weighted by Crippen LogP contribution is -2.38. The van der Waals surface area contributed by atoms with Gasteiger partial charge < -0.3 is 11.5 Å². The van der Waals surface area contributed by atoms with E-state index in [1.54, 1.807) is 24.3 Å². The fourth-order valence-corrected chi connectivity index (χ4v) is 4.41. The maximum absolute atomic E-state index is 12.6. The van der Waals surface area contributed by atoms with Gasteiger partial charge in [-0.3, -0.25) is 14.5 Å². The number of benzene rings is 1. The number of carbonyl (C=O) groups excluding carboxylic acids is 2. The molecule has 2 amide bonds. The molecule has 4 rings (SSSR count). The zero-order valence-corrected chi connectivity index (χ0v) is 14.2. The minimum Gasteiger partial charge on any atom is -0.370 e. The molecule has 1 aromatic carbocycles. The molecule has 2 heterocycles. The van der Waals surface area contributed by atoms with Crippen LogP contribution in [0.4, 0.5) is 5.13 Å². The molecule has 0 bridgehead atoms. The predicted octanol–water partition coefficient (Wildman–Crippen LogP) is 1.98. The van der Waals surface area contributed by atoms with Crippen molar-refractivity contribution in [3.63, 3.8) is 0 Å². The highest BCUT2D eigenvalue weighted by Crippen LogP contribution is 2.40. The summed E-state index contributed by atoms with van der Waals surface area (Å²) in [4.78, 5) is 35.1. The third kappa shape index (κ3) is 2.68. The molecule has 2 unspecified atom stereocenters. The second-order valence-corrected chi connectivity index (χ2v) is 7.12. The monoisotopic (exact) mass is 355 g/mol. The molecule has 1 aliphatic heterocycles. The summed E-state index contributed by atoms with van der Waals surface area (Å²) in [6, 6.07) is 6.90. The van der Waals surface area contributed by atoms with Crippen molar-refractivity contribution in [2.24, 2.45) is 16.5 Å². The summed E-state index contributed by atoms with van der Waals surface area (Å²) < 4.78 is 0. The van der Waals surface area contributed by atoms with Gasteiger partial charge in [0.05, 0.1) is 16.8 Å². The maximum atomic E-state index is 12.6. The summed E-state index contributed by atoms with van der Waals surface area (Å²) >= 11 is 1.38. The first-order valence-corrected chi connectivity index (χ1v) is 8.94. The van der Waals surface area contributed by atoms with E-state index in [2.05, 4.69) is 9.98 Å². The summed E-state index contributed by atoms with van der Waals surface area (Å²) in [5.74, 6) is -0.193. The smallest absolute Gasteiger partial charge is 0.261 e. The Bertz CT molecular complexity index is 852. The van der Waals surface area contributed by atoms with Gasteiger partial charge in [0.15, 0.2) is 5.96 Å². The number of nitrogens with zero attached hydrogens (tertiary/aromatic N) is 3. The number of amides is 2. The Morgan fingerprint density at radius 3 is 2.48 bits per heavy atom. The van der Waals surface area contributed by atoms with E-state index in [0.29, 0.717) is 16.3 Å². The molecule has 4 N–H and O–H groups in total. The quantitative estimate of drug-likeness (QED) is 0.496. The van der Waals surface area contributed by atoms with Crippen molar-refractivity contribution in [3.8, 4) is 0 Å². The van der Waals surface area contributed by atoms with Crippen LogP contribution < -0.4 is 11.5 Å². The summed E-state index contributed by atoms with van der Waals surface area (Å²) in [5, 5.41) is 2.47. The Morgan fingerprint density at radius 2 is 1.84 bits per heavy atom. The molecule has 2 atom stereocenters. The fourth-order valence-electron chi connectivity index (χ4n) is 3.63. The molecule has 2 aromatic rings. The Labute approximate surface area is 148 Å². The summed E-state index contributed by atoms with van der Waals surface area (Å²) in [7, 11) is 0. The van der Waals surface area contributed by atoms with Crippen LogP contribution in [0.3, 0.4) is 0 Å². The third-order valence-electron chi connectivity index (χ3n) is 4.75. The van der Waals surface area contributed by atoms with E-state index in [9.17, 15) is 9.59 Å². The molecular formula is C17H17N5O2S. The van der Waals surface area contributed by atoms with Crippen LogP contribution in [-0.2, 0) is 0 Å². The van der Waals surface area contributed by atoms with Crippen molar-refractivity contribution >= 4 is 34.2 Å². The van der Waals surface area contributed by atoms with E-state index in [1.807, 2.05) is 5.38 Å². The van der Waals surface area contributed by atoms with Gasteiger partial charge in [0.25, 0.3) is 11.8 Å². The number of hydrogen-bond donors (Lipinski definition) is 2. The second kappa shape index (κ2) is 5.96. The van der Waals surface area contributed by atoms with Crippen molar-refractivity contribution in [2.75, 3.05) is 0 Å². The molecule has 2 aliphatic rings. The van der Waals surface area contributed by atoms with Crippen molar-refractivity contribution in [2.45, 2.75) is 31.2 Å². The number of thiazole rings is 1. The highest BCUT2D eigenvalue weighted by atomic mass is 32.1. The van der Waals surface area contributed by atoms with E-state index in [-0.39, 0.29) is 29.7 Å². The van der Waals surface area contributed by atoms with Crippen molar-refractivity contribution in [1.82, 2.24) is 9.88 Å². The highest BCUT2D eigenvalue weighted by Gasteiger charge is 2.42. The van der Waals surface area contributed by atoms with E-state index in [4.69, 9.17) is 11.5 Å². The first-order valence-electron chi connectivity index (χ1n) is 8.06. The molecule has 1 aromatic heterocycles. The Hall–Kier alpha value is -2.74. The van der Waals surface area contributed by atoms with Crippen molar-refractivity contribution in [1.29, 1.82) is 0 Å². The zero-order valence-electron chi connectivity index (χ0n) is 13.4. The standard InChI is InChI=1S/C17H17N5O2S/c18-16(19)21-17-20-13(8-25-17)9-5-6-10(7-9)22-14(23)11-3-1-2-4-12(11)15(22)24/h1-4,8-10H,5-7H2,(H4,18,19,20,21). The van der Waals surface area contributed by atoms with Crippen LogP contribution in [0.5, 0.6) is 0 Å². The first-order chi connectivity index (χ1) is 12.0. The molecule has 0 radical (unpaired) electrons. The highest BCUT2D eigenvalue weighted by molar-refractivity contribution is 7.13. The van der Waals surface area contributed by atoms with Gasteiger partial charge in [-0.25, -0.2) is 4.98 Å². The molecule has 0 spiro atoms. The first kappa shape index (κ1) is 15.8.